The van der Waals surface area contributed by atoms with Gasteiger partial charge in [0.15, 0.2) is 0 Å². The maximum absolute atomic E-state index is 11.6. The fraction of sp³-hybridized carbons (Fsp3) is 0.280. The van der Waals surface area contributed by atoms with E-state index in [9.17, 15) is 8.42 Å². The Balaban J connectivity index is 0.000000370. The van der Waals surface area contributed by atoms with Crippen LogP contribution in [0.25, 0.3) is 0 Å². The third-order valence-electron chi connectivity index (χ3n) is 5.15. The topological polar surface area (TPSA) is 72.2 Å². The van der Waals surface area contributed by atoms with Gasteiger partial charge in [-0.1, -0.05) is 72.8 Å². The molecule has 0 spiro atoms. The van der Waals surface area contributed by atoms with Gasteiger partial charge < -0.3 is 5.73 Å². The smallest absolute Gasteiger partial charge is 0.209 e. The summed E-state index contributed by atoms with van der Waals surface area (Å²) in [5.41, 5.74) is 13.5. The molecule has 4 nitrogen and oxygen atoms in total. The summed E-state index contributed by atoms with van der Waals surface area (Å²) < 4.78 is 25.8. The van der Waals surface area contributed by atoms with Crippen LogP contribution in [0.4, 0.5) is 0 Å². The van der Waals surface area contributed by atoms with Crippen molar-refractivity contribution in [2.24, 2.45) is 5.73 Å². The van der Waals surface area contributed by atoms with Gasteiger partial charge in [0.2, 0.25) is 10.0 Å². The molecule has 31 heavy (non-hydrogen) atoms. The monoisotopic (exact) mass is 526 g/mol. The van der Waals surface area contributed by atoms with Crippen LogP contribution in [0.15, 0.2) is 72.8 Å². The summed E-state index contributed by atoms with van der Waals surface area (Å²) in [6.07, 6.45) is 1.14. The van der Waals surface area contributed by atoms with Gasteiger partial charge in [0, 0.05) is 19.5 Å². The number of hydrogen-bond donors (Lipinski definition) is 2. The molecule has 0 aliphatic carbocycles. The summed E-state index contributed by atoms with van der Waals surface area (Å²) in [5, 5.41) is 0. The van der Waals surface area contributed by atoms with Gasteiger partial charge in [0.05, 0.1) is 18.3 Å². The van der Waals surface area contributed by atoms with Crippen molar-refractivity contribution >= 4 is 10.0 Å². The number of rotatable bonds is 5. The van der Waals surface area contributed by atoms with E-state index in [2.05, 4.69) is 44.5 Å². The van der Waals surface area contributed by atoms with E-state index in [0.29, 0.717) is 0 Å². The predicted molar refractivity (Wildman–Crippen MR) is 126 cm³/mol. The number of aryl methyl sites for hydroxylation is 4. The van der Waals surface area contributed by atoms with Gasteiger partial charge in [-0.2, -0.15) is 0 Å². The maximum Gasteiger partial charge on any atom is 0.209 e. The second-order valence-corrected chi connectivity index (χ2v) is 9.52. The second-order valence-electron chi connectivity index (χ2n) is 7.74. The molecule has 6 heteroatoms. The van der Waals surface area contributed by atoms with Gasteiger partial charge in [0.1, 0.15) is 0 Å². The zero-order valence-electron chi connectivity index (χ0n) is 18.7. The molecule has 0 aliphatic rings. The van der Waals surface area contributed by atoms with E-state index in [1.54, 1.807) is 0 Å². The number of sulfonamides is 1. The molecule has 3 aromatic rings. The van der Waals surface area contributed by atoms with Gasteiger partial charge in [-0.3, -0.25) is 0 Å². The average Bonchev–Trinajstić information content (AvgIpc) is 2.71. The largest absolute Gasteiger partial charge is 0.322 e. The molecule has 0 saturated carbocycles. The molecule has 2 atom stereocenters. The quantitative estimate of drug-likeness (QED) is 0.466. The molecule has 0 heterocycles. The third kappa shape index (κ3) is 8.66. The summed E-state index contributed by atoms with van der Waals surface area (Å²) in [6.45, 7) is 8.62. The standard InChI is InChI=1S/C15H18N2O2S.C10H14.Ru/c1-20(18,19)17-15(13-10-6-3-7-11-13)14(16)12-8-4-2-5-9-12;1-7-5-9(3)10(4)6-8(7)2;/h2-11,14-15,17H,16H2,1H3;5-6H,1-4H3;/t14-,15-;;/m1../s1. The molecule has 0 radical (unpaired) electrons. The Morgan fingerprint density at radius 2 is 1.06 bits per heavy atom. The first-order valence-electron chi connectivity index (χ1n) is 9.95. The van der Waals surface area contributed by atoms with Crippen LogP contribution < -0.4 is 10.5 Å². The average molecular weight is 526 g/mol. The van der Waals surface area contributed by atoms with E-state index in [1.165, 1.54) is 22.3 Å². The predicted octanol–water partition coefficient (Wildman–Crippen LogP) is 4.89. The Hall–Kier alpha value is -1.85. The molecule has 3 N–H and O–H groups in total. The molecular weight excluding hydrogens is 493 g/mol. The zero-order chi connectivity index (χ0) is 22.3. The van der Waals surface area contributed by atoms with Crippen LogP contribution in [0, 0.1) is 27.7 Å². The van der Waals surface area contributed by atoms with Crippen LogP contribution in [0.5, 0.6) is 0 Å². The molecule has 3 rings (SSSR count). The fourth-order valence-corrected chi connectivity index (χ4v) is 3.96. The minimum Gasteiger partial charge on any atom is -0.322 e. The summed E-state index contributed by atoms with van der Waals surface area (Å²) in [4.78, 5) is 0. The van der Waals surface area contributed by atoms with Gasteiger partial charge in [-0.15, -0.1) is 0 Å². The Morgan fingerprint density at radius 1 is 0.710 bits per heavy atom. The van der Waals surface area contributed by atoms with Crippen molar-refractivity contribution in [3.8, 4) is 0 Å². The van der Waals surface area contributed by atoms with E-state index in [4.69, 9.17) is 5.73 Å². The first kappa shape index (κ1) is 27.2. The Kier molecular flexibility index (Phi) is 10.7. The normalized spacial score (nSPS) is 12.7. The van der Waals surface area contributed by atoms with Crippen molar-refractivity contribution < 1.29 is 27.9 Å². The molecule has 0 bridgehead atoms. The number of nitrogens with one attached hydrogen (secondary N) is 1. The van der Waals surface area contributed by atoms with Crippen LogP contribution in [0.2, 0.25) is 0 Å². The third-order valence-corrected chi connectivity index (χ3v) is 5.84. The summed E-state index contributed by atoms with van der Waals surface area (Å²) in [6, 6.07) is 22.3. The number of nitrogens with two attached hydrogens (primary N) is 1. The van der Waals surface area contributed by atoms with Crippen LogP contribution in [0.3, 0.4) is 0 Å². The van der Waals surface area contributed by atoms with Crippen LogP contribution in [0.1, 0.15) is 45.5 Å². The van der Waals surface area contributed by atoms with Crippen molar-refractivity contribution in [1.29, 1.82) is 0 Å². The number of benzene rings is 3. The molecule has 0 amide bonds. The molecular formula is C25H32N2O2RuS. The van der Waals surface area contributed by atoms with Gasteiger partial charge in [-0.25, -0.2) is 13.1 Å². The molecule has 168 valence electrons. The fourth-order valence-electron chi connectivity index (χ4n) is 3.21. The molecule has 0 saturated heterocycles. The zero-order valence-corrected chi connectivity index (χ0v) is 21.3. The van der Waals surface area contributed by atoms with Crippen molar-refractivity contribution in [2.75, 3.05) is 6.26 Å². The summed E-state index contributed by atoms with van der Waals surface area (Å²) in [5.74, 6) is 0. The van der Waals surface area contributed by atoms with Crippen LogP contribution >= 0.6 is 0 Å². The van der Waals surface area contributed by atoms with Crippen molar-refractivity contribution in [2.45, 2.75) is 39.8 Å². The van der Waals surface area contributed by atoms with Crippen molar-refractivity contribution in [1.82, 2.24) is 4.72 Å². The first-order chi connectivity index (χ1) is 14.1. The minimum absolute atomic E-state index is 0. The molecule has 0 aliphatic heterocycles. The minimum atomic E-state index is -3.35. The Labute approximate surface area is 200 Å². The van der Waals surface area contributed by atoms with E-state index >= 15 is 0 Å². The van der Waals surface area contributed by atoms with Gasteiger partial charge in [0.25, 0.3) is 0 Å². The summed E-state index contributed by atoms with van der Waals surface area (Å²) in [7, 11) is -3.35. The van der Waals surface area contributed by atoms with Crippen molar-refractivity contribution in [3.63, 3.8) is 0 Å². The molecule has 0 aromatic heterocycles. The Bertz CT molecular complexity index is 1010. The number of hydrogen-bond acceptors (Lipinski definition) is 3. The first-order valence-corrected chi connectivity index (χ1v) is 11.8. The molecule has 3 aromatic carbocycles. The van der Waals surface area contributed by atoms with Crippen LogP contribution in [-0.2, 0) is 29.5 Å². The SMILES string of the molecule is CS(=O)(=O)N[C@H](c1ccccc1)[C@H](N)c1ccccc1.Cc1cc(C)c(C)cc1C.[Ru]. The Morgan fingerprint density at radius 3 is 1.42 bits per heavy atom. The molecule has 0 fully saturated rings. The van der Waals surface area contributed by atoms with Gasteiger partial charge >= 0.3 is 0 Å². The maximum atomic E-state index is 11.6. The van der Waals surface area contributed by atoms with E-state index in [0.717, 1.165) is 17.4 Å². The van der Waals surface area contributed by atoms with Crippen LogP contribution in [-0.4, -0.2) is 14.7 Å². The van der Waals surface area contributed by atoms with E-state index in [-0.39, 0.29) is 19.5 Å². The molecule has 0 unspecified atom stereocenters. The van der Waals surface area contributed by atoms with E-state index < -0.39 is 22.1 Å². The van der Waals surface area contributed by atoms with Crippen molar-refractivity contribution in [3.05, 3.63) is 106 Å². The second kappa shape index (κ2) is 12.3. The van der Waals surface area contributed by atoms with E-state index in [1.807, 2.05) is 60.7 Å². The van der Waals surface area contributed by atoms with Gasteiger partial charge in [-0.05, 0) is 61.1 Å². The summed E-state index contributed by atoms with van der Waals surface area (Å²) >= 11 is 0.